The Morgan fingerprint density at radius 2 is 1.83 bits per heavy atom. The molecule has 1 aromatic carbocycles. The van der Waals surface area contributed by atoms with Gasteiger partial charge in [0.15, 0.2) is 0 Å². The molecule has 4 nitrogen and oxygen atoms in total. The van der Waals surface area contributed by atoms with Crippen molar-refractivity contribution in [1.29, 1.82) is 0 Å². The molecular formula is C20H29N3O. The third kappa shape index (κ3) is 3.22. The summed E-state index contributed by atoms with van der Waals surface area (Å²) in [7, 11) is 0. The average molecular weight is 327 g/mol. The SMILES string of the molecule is NC(CC(=O)N1CCN(C2CC3CCC2C3)CC1)c1ccccc1. The fourth-order valence-corrected chi connectivity index (χ4v) is 5.10. The van der Waals surface area contributed by atoms with Gasteiger partial charge in [0.05, 0.1) is 0 Å². The van der Waals surface area contributed by atoms with Crippen LogP contribution in [-0.2, 0) is 4.79 Å². The molecule has 1 amide bonds. The molecule has 1 heterocycles. The van der Waals surface area contributed by atoms with E-state index in [-0.39, 0.29) is 11.9 Å². The molecule has 4 heteroatoms. The molecule has 0 spiro atoms. The fourth-order valence-electron chi connectivity index (χ4n) is 5.10. The van der Waals surface area contributed by atoms with Crippen molar-refractivity contribution >= 4 is 5.91 Å². The molecule has 2 bridgehead atoms. The summed E-state index contributed by atoms with van der Waals surface area (Å²) in [6.45, 7) is 3.82. The predicted octanol–water partition coefficient (Wildman–Crippen LogP) is 2.41. The Kier molecular flexibility index (Phi) is 4.59. The van der Waals surface area contributed by atoms with Gasteiger partial charge in [0.1, 0.15) is 0 Å². The third-order valence-electron chi connectivity index (χ3n) is 6.46. The molecule has 130 valence electrons. The number of rotatable bonds is 4. The van der Waals surface area contributed by atoms with Crippen LogP contribution in [0.15, 0.2) is 30.3 Å². The van der Waals surface area contributed by atoms with Crippen LogP contribution in [0.1, 0.15) is 43.7 Å². The second-order valence-electron chi connectivity index (χ2n) is 7.88. The van der Waals surface area contributed by atoms with Crippen molar-refractivity contribution < 1.29 is 4.79 Å². The van der Waals surface area contributed by atoms with Gasteiger partial charge in [-0.15, -0.1) is 0 Å². The highest BCUT2D eigenvalue weighted by atomic mass is 16.2. The maximum Gasteiger partial charge on any atom is 0.224 e. The van der Waals surface area contributed by atoms with Gasteiger partial charge in [-0.3, -0.25) is 9.69 Å². The Balaban J connectivity index is 1.27. The lowest BCUT2D eigenvalue weighted by molar-refractivity contribution is -0.133. The lowest BCUT2D eigenvalue weighted by atomic mass is 9.93. The lowest BCUT2D eigenvalue weighted by Crippen LogP contribution is -2.53. The first kappa shape index (κ1) is 16.1. The smallest absolute Gasteiger partial charge is 0.224 e. The number of benzene rings is 1. The van der Waals surface area contributed by atoms with E-state index in [4.69, 9.17) is 5.73 Å². The van der Waals surface area contributed by atoms with Crippen LogP contribution in [0.3, 0.4) is 0 Å². The molecular weight excluding hydrogens is 298 g/mol. The van der Waals surface area contributed by atoms with Crippen LogP contribution in [0.2, 0.25) is 0 Å². The normalized spacial score (nSPS) is 31.4. The highest BCUT2D eigenvalue weighted by molar-refractivity contribution is 5.77. The topological polar surface area (TPSA) is 49.6 Å². The largest absolute Gasteiger partial charge is 0.340 e. The molecule has 2 saturated carbocycles. The summed E-state index contributed by atoms with van der Waals surface area (Å²) >= 11 is 0. The molecule has 2 N–H and O–H groups in total. The number of hydrogen-bond acceptors (Lipinski definition) is 3. The molecule has 0 radical (unpaired) electrons. The highest BCUT2D eigenvalue weighted by Crippen LogP contribution is 2.46. The molecule has 4 unspecified atom stereocenters. The van der Waals surface area contributed by atoms with Crippen LogP contribution < -0.4 is 5.73 Å². The van der Waals surface area contributed by atoms with E-state index in [1.54, 1.807) is 0 Å². The molecule has 2 aliphatic carbocycles. The van der Waals surface area contributed by atoms with Gasteiger partial charge in [0.2, 0.25) is 5.91 Å². The molecule has 3 fully saturated rings. The van der Waals surface area contributed by atoms with Crippen LogP contribution in [0.25, 0.3) is 0 Å². The molecule has 24 heavy (non-hydrogen) atoms. The van der Waals surface area contributed by atoms with Gasteiger partial charge in [-0.2, -0.15) is 0 Å². The van der Waals surface area contributed by atoms with Crippen LogP contribution >= 0.6 is 0 Å². The maximum absolute atomic E-state index is 12.6. The van der Waals surface area contributed by atoms with Gasteiger partial charge in [-0.1, -0.05) is 36.8 Å². The standard InChI is InChI=1S/C20H29N3O/c21-18(16-4-2-1-3-5-16)14-20(24)23-10-8-22(9-11-23)19-13-15-6-7-17(19)12-15/h1-5,15,17-19H,6-14,21H2. The van der Waals surface area contributed by atoms with E-state index in [1.807, 2.05) is 35.2 Å². The number of hydrogen-bond donors (Lipinski definition) is 1. The van der Waals surface area contributed by atoms with Crippen molar-refractivity contribution in [2.75, 3.05) is 26.2 Å². The Labute approximate surface area is 145 Å². The third-order valence-corrected chi connectivity index (χ3v) is 6.46. The van der Waals surface area contributed by atoms with Crippen molar-refractivity contribution in [3.8, 4) is 0 Å². The second-order valence-corrected chi connectivity index (χ2v) is 7.88. The number of nitrogens with two attached hydrogens (primary N) is 1. The Morgan fingerprint density at radius 3 is 2.46 bits per heavy atom. The van der Waals surface area contributed by atoms with Gasteiger partial charge in [0, 0.05) is 44.7 Å². The van der Waals surface area contributed by atoms with Crippen molar-refractivity contribution in [1.82, 2.24) is 9.80 Å². The average Bonchev–Trinajstić information content (AvgIpc) is 3.26. The van der Waals surface area contributed by atoms with Crippen LogP contribution in [-0.4, -0.2) is 47.9 Å². The summed E-state index contributed by atoms with van der Waals surface area (Å²) in [5, 5.41) is 0. The predicted molar refractivity (Wildman–Crippen MR) is 95.4 cm³/mol. The summed E-state index contributed by atoms with van der Waals surface area (Å²) in [4.78, 5) is 17.2. The molecule has 3 aliphatic rings. The van der Waals surface area contributed by atoms with E-state index >= 15 is 0 Å². The molecule has 4 atom stereocenters. The van der Waals surface area contributed by atoms with Gasteiger partial charge >= 0.3 is 0 Å². The van der Waals surface area contributed by atoms with Gasteiger partial charge in [-0.05, 0) is 36.7 Å². The number of fused-ring (bicyclic) bond motifs is 2. The van der Waals surface area contributed by atoms with Crippen molar-refractivity contribution in [2.45, 2.75) is 44.2 Å². The maximum atomic E-state index is 12.6. The van der Waals surface area contributed by atoms with Crippen molar-refractivity contribution in [3.05, 3.63) is 35.9 Å². The van der Waals surface area contributed by atoms with Gasteiger partial charge in [-0.25, -0.2) is 0 Å². The minimum absolute atomic E-state index is 0.192. The molecule has 1 saturated heterocycles. The van der Waals surface area contributed by atoms with Gasteiger partial charge < -0.3 is 10.6 Å². The van der Waals surface area contributed by atoms with Crippen molar-refractivity contribution in [2.24, 2.45) is 17.6 Å². The van der Waals surface area contributed by atoms with Gasteiger partial charge in [0.25, 0.3) is 0 Å². The number of piperazine rings is 1. The summed E-state index contributed by atoms with van der Waals surface area (Å²) < 4.78 is 0. The summed E-state index contributed by atoms with van der Waals surface area (Å²) in [6, 6.07) is 10.6. The summed E-state index contributed by atoms with van der Waals surface area (Å²) in [5.74, 6) is 2.13. The number of carbonyl (C=O) groups is 1. The summed E-state index contributed by atoms with van der Waals surface area (Å²) in [6.07, 6.45) is 6.16. The van der Waals surface area contributed by atoms with E-state index in [9.17, 15) is 4.79 Å². The number of amides is 1. The quantitative estimate of drug-likeness (QED) is 0.924. The molecule has 4 rings (SSSR count). The zero-order chi connectivity index (χ0) is 16.5. The Morgan fingerprint density at radius 1 is 1.08 bits per heavy atom. The zero-order valence-corrected chi connectivity index (χ0v) is 14.4. The van der Waals surface area contributed by atoms with E-state index < -0.39 is 0 Å². The minimum atomic E-state index is -0.192. The van der Waals surface area contributed by atoms with Crippen LogP contribution in [0.5, 0.6) is 0 Å². The number of carbonyl (C=O) groups excluding carboxylic acids is 1. The Hall–Kier alpha value is -1.39. The van der Waals surface area contributed by atoms with E-state index in [1.165, 1.54) is 25.7 Å². The van der Waals surface area contributed by atoms with E-state index in [0.29, 0.717) is 6.42 Å². The molecule has 0 aromatic heterocycles. The second kappa shape index (κ2) is 6.85. The fraction of sp³-hybridized carbons (Fsp3) is 0.650. The lowest BCUT2D eigenvalue weighted by Gasteiger charge is -2.41. The first-order chi connectivity index (χ1) is 11.7. The minimum Gasteiger partial charge on any atom is -0.340 e. The van der Waals surface area contributed by atoms with E-state index in [2.05, 4.69) is 4.90 Å². The monoisotopic (exact) mass is 327 g/mol. The zero-order valence-electron chi connectivity index (χ0n) is 14.4. The first-order valence-corrected chi connectivity index (χ1v) is 9.53. The van der Waals surface area contributed by atoms with Crippen molar-refractivity contribution in [3.63, 3.8) is 0 Å². The van der Waals surface area contributed by atoms with Crippen LogP contribution in [0, 0.1) is 11.8 Å². The van der Waals surface area contributed by atoms with E-state index in [0.717, 1.165) is 49.6 Å². The molecule has 1 aliphatic heterocycles. The van der Waals surface area contributed by atoms with Crippen LogP contribution in [0.4, 0.5) is 0 Å². The highest BCUT2D eigenvalue weighted by Gasteiger charge is 2.42. The summed E-state index contributed by atoms with van der Waals surface area (Å²) in [5.41, 5.74) is 7.26. The Bertz CT molecular complexity index is 568. The molecule has 1 aromatic rings. The first-order valence-electron chi connectivity index (χ1n) is 9.53. The number of nitrogens with zero attached hydrogens (tertiary/aromatic N) is 2.